The van der Waals surface area contributed by atoms with Crippen LogP contribution in [0.25, 0.3) is 0 Å². The Bertz CT molecular complexity index is 178. The van der Waals surface area contributed by atoms with Crippen LogP contribution in [-0.4, -0.2) is 5.78 Å². The zero-order valence-electron chi connectivity index (χ0n) is 10.4. The highest BCUT2D eigenvalue weighted by atomic mass is 16.1. The zero-order valence-corrected chi connectivity index (χ0v) is 10.4. The topological polar surface area (TPSA) is 17.1 Å². The summed E-state index contributed by atoms with van der Waals surface area (Å²) in [6, 6.07) is 0. The van der Waals surface area contributed by atoms with Crippen molar-refractivity contribution in [3.8, 4) is 0 Å². The summed E-state index contributed by atoms with van der Waals surface area (Å²) < 4.78 is 0. The molecule has 0 spiro atoms. The van der Waals surface area contributed by atoms with Crippen molar-refractivity contribution in [2.45, 2.75) is 71.6 Å². The van der Waals surface area contributed by atoms with Gasteiger partial charge in [-0.1, -0.05) is 52.4 Å². The predicted molar refractivity (Wildman–Crippen MR) is 64.9 cm³/mol. The first-order valence-corrected chi connectivity index (χ1v) is 6.70. The average molecular weight is 210 g/mol. The SMILES string of the molecule is CC(C)CCCC(=O)CC1CCCCC1. The molecule has 1 aliphatic rings. The Labute approximate surface area is 94.6 Å². The fourth-order valence-electron chi connectivity index (χ4n) is 2.52. The van der Waals surface area contributed by atoms with Crippen LogP contribution < -0.4 is 0 Å². The summed E-state index contributed by atoms with van der Waals surface area (Å²) in [6.45, 7) is 4.46. The number of hydrogen-bond donors (Lipinski definition) is 0. The molecular weight excluding hydrogens is 184 g/mol. The van der Waals surface area contributed by atoms with Crippen LogP contribution in [0.1, 0.15) is 71.6 Å². The van der Waals surface area contributed by atoms with Gasteiger partial charge in [0.2, 0.25) is 0 Å². The van der Waals surface area contributed by atoms with E-state index in [9.17, 15) is 4.79 Å². The molecule has 1 aliphatic carbocycles. The second-order valence-electron chi connectivity index (χ2n) is 5.53. The lowest BCUT2D eigenvalue weighted by molar-refractivity contribution is -0.120. The van der Waals surface area contributed by atoms with Crippen LogP contribution in [0.2, 0.25) is 0 Å². The Balaban J connectivity index is 2.06. The maximum absolute atomic E-state index is 11.7. The van der Waals surface area contributed by atoms with Gasteiger partial charge in [-0.05, 0) is 18.3 Å². The van der Waals surface area contributed by atoms with Gasteiger partial charge in [0.1, 0.15) is 5.78 Å². The summed E-state index contributed by atoms with van der Waals surface area (Å²) >= 11 is 0. The summed E-state index contributed by atoms with van der Waals surface area (Å²) in [5.41, 5.74) is 0. The second-order valence-corrected chi connectivity index (χ2v) is 5.53. The summed E-state index contributed by atoms with van der Waals surface area (Å²) in [6.07, 6.45) is 10.7. The third kappa shape index (κ3) is 5.96. The van der Waals surface area contributed by atoms with Crippen LogP contribution in [0.5, 0.6) is 0 Å². The van der Waals surface area contributed by atoms with Crippen LogP contribution in [-0.2, 0) is 4.79 Å². The van der Waals surface area contributed by atoms with Gasteiger partial charge < -0.3 is 0 Å². The van der Waals surface area contributed by atoms with E-state index in [-0.39, 0.29) is 0 Å². The highest BCUT2D eigenvalue weighted by Gasteiger charge is 2.16. The smallest absolute Gasteiger partial charge is 0.133 e. The quantitative estimate of drug-likeness (QED) is 0.637. The van der Waals surface area contributed by atoms with Gasteiger partial charge >= 0.3 is 0 Å². The Morgan fingerprint density at radius 3 is 2.47 bits per heavy atom. The fourth-order valence-corrected chi connectivity index (χ4v) is 2.52. The molecule has 1 heteroatoms. The molecule has 0 aromatic carbocycles. The maximum atomic E-state index is 11.7. The highest BCUT2D eigenvalue weighted by Crippen LogP contribution is 2.27. The van der Waals surface area contributed by atoms with Gasteiger partial charge in [-0.15, -0.1) is 0 Å². The van der Waals surface area contributed by atoms with Gasteiger partial charge in [0.25, 0.3) is 0 Å². The van der Waals surface area contributed by atoms with Crippen molar-refractivity contribution in [1.82, 2.24) is 0 Å². The van der Waals surface area contributed by atoms with Crippen LogP contribution in [0, 0.1) is 11.8 Å². The van der Waals surface area contributed by atoms with Crippen molar-refractivity contribution in [3.63, 3.8) is 0 Å². The number of Topliss-reactive ketones (excluding diaryl/α,β-unsaturated/α-hetero) is 1. The molecule has 88 valence electrons. The molecule has 1 nitrogen and oxygen atoms in total. The molecule has 0 amide bonds. The van der Waals surface area contributed by atoms with E-state index < -0.39 is 0 Å². The van der Waals surface area contributed by atoms with Crippen molar-refractivity contribution in [2.24, 2.45) is 11.8 Å². The number of ketones is 1. The third-order valence-corrected chi connectivity index (χ3v) is 3.48. The van der Waals surface area contributed by atoms with E-state index in [1.807, 2.05) is 0 Å². The first-order chi connectivity index (χ1) is 7.18. The average Bonchev–Trinajstić information content (AvgIpc) is 2.18. The van der Waals surface area contributed by atoms with Crippen molar-refractivity contribution < 1.29 is 4.79 Å². The van der Waals surface area contributed by atoms with Crippen LogP contribution in [0.4, 0.5) is 0 Å². The molecule has 0 bridgehead atoms. The molecule has 1 saturated carbocycles. The van der Waals surface area contributed by atoms with Gasteiger partial charge in [-0.3, -0.25) is 4.79 Å². The minimum absolute atomic E-state index is 0.516. The van der Waals surface area contributed by atoms with Gasteiger partial charge in [-0.25, -0.2) is 0 Å². The van der Waals surface area contributed by atoms with E-state index in [4.69, 9.17) is 0 Å². The molecule has 0 unspecified atom stereocenters. The third-order valence-electron chi connectivity index (χ3n) is 3.48. The zero-order chi connectivity index (χ0) is 11.1. The van der Waals surface area contributed by atoms with Crippen molar-refractivity contribution in [2.75, 3.05) is 0 Å². The lowest BCUT2D eigenvalue weighted by Gasteiger charge is -2.20. The van der Waals surface area contributed by atoms with Crippen LogP contribution in [0.3, 0.4) is 0 Å². The van der Waals surface area contributed by atoms with Crippen molar-refractivity contribution in [1.29, 1.82) is 0 Å². The van der Waals surface area contributed by atoms with E-state index in [1.165, 1.54) is 38.5 Å². The predicted octanol–water partition coefficient (Wildman–Crippen LogP) is 4.35. The molecule has 0 radical (unpaired) electrons. The van der Waals surface area contributed by atoms with E-state index in [2.05, 4.69) is 13.8 Å². The van der Waals surface area contributed by atoms with Crippen LogP contribution in [0.15, 0.2) is 0 Å². The molecule has 0 saturated heterocycles. The second kappa shape index (κ2) is 7.03. The van der Waals surface area contributed by atoms with E-state index >= 15 is 0 Å². The first kappa shape index (κ1) is 12.7. The molecule has 0 aromatic heterocycles. The molecule has 0 heterocycles. The summed E-state index contributed by atoms with van der Waals surface area (Å²) in [5.74, 6) is 1.99. The highest BCUT2D eigenvalue weighted by molar-refractivity contribution is 5.78. The normalized spacial score (nSPS) is 18.3. The minimum Gasteiger partial charge on any atom is -0.300 e. The number of carbonyl (C=O) groups is 1. The molecule has 15 heavy (non-hydrogen) atoms. The largest absolute Gasteiger partial charge is 0.300 e. The molecule has 1 rings (SSSR count). The lowest BCUT2D eigenvalue weighted by atomic mass is 9.85. The van der Waals surface area contributed by atoms with Crippen LogP contribution >= 0.6 is 0 Å². The summed E-state index contributed by atoms with van der Waals surface area (Å²) in [5, 5.41) is 0. The monoisotopic (exact) mass is 210 g/mol. The minimum atomic E-state index is 0.516. The van der Waals surface area contributed by atoms with Gasteiger partial charge in [0, 0.05) is 12.8 Å². The Hall–Kier alpha value is -0.330. The van der Waals surface area contributed by atoms with E-state index in [0.717, 1.165) is 31.1 Å². The molecule has 0 N–H and O–H groups in total. The fraction of sp³-hybridized carbons (Fsp3) is 0.929. The van der Waals surface area contributed by atoms with Crippen molar-refractivity contribution in [3.05, 3.63) is 0 Å². The van der Waals surface area contributed by atoms with Crippen molar-refractivity contribution >= 4 is 5.78 Å². The molecule has 0 aliphatic heterocycles. The standard InChI is InChI=1S/C14H26O/c1-12(2)7-6-10-14(15)11-13-8-4-3-5-9-13/h12-13H,3-11H2,1-2H3. The first-order valence-electron chi connectivity index (χ1n) is 6.70. The number of rotatable bonds is 6. The Morgan fingerprint density at radius 2 is 1.87 bits per heavy atom. The van der Waals surface area contributed by atoms with E-state index in [0.29, 0.717) is 5.78 Å². The molecule has 1 fully saturated rings. The number of carbonyl (C=O) groups excluding carboxylic acids is 1. The number of hydrogen-bond acceptors (Lipinski definition) is 1. The van der Waals surface area contributed by atoms with Gasteiger partial charge in [0.15, 0.2) is 0 Å². The summed E-state index contributed by atoms with van der Waals surface area (Å²) in [4.78, 5) is 11.7. The Kier molecular flexibility index (Phi) is 5.97. The molecule has 0 aromatic rings. The van der Waals surface area contributed by atoms with E-state index in [1.54, 1.807) is 0 Å². The van der Waals surface area contributed by atoms with Gasteiger partial charge in [0.05, 0.1) is 0 Å². The van der Waals surface area contributed by atoms with Gasteiger partial charge in [-0.2, -0.15) is 0 Å². The molecule has 0 atom stereocenters. The maximum Gasteiger partial charge on any atom is 0.133 e. The summed E-state index contributed by atoms with van der Waals surface area (Å²) in [7, 11) is 0. The Morgan fingerprint density at radius 1 is 1.20 bits per heavy atom. The lowest BCUT2D eigenvalue weighted by Crippen LogP contribution is -2.12. The molecular formula is C14H26O.